The van der Waals surface area contributed by atoms with Crippen LogP contribution in [0.25, 0.3) is 0 Å². The zero-order valence-electron chi connectivity index (χ0n) is 9.83. The van der Waals surface area contributed by atoms with Crippen LogP contribution < -0.4 is 0 Å². The van der Waals surface area contributed by atoms with Crippen molar-refractivity contribution in [1.29, 1.82) is 0 Å². The highest BCUT2D eigenvalue weighted by molar-refractivity contribution is 5.36. The van der Waals surface area contributed by atoms with Crippen molar-refractivity contribution in [2.75, 3.05) is 0 Å². The number of aliphatic hydroxyl groups is 1. The SMILES string of the molecule is CCC#CC(C)Cc1ccc(O)c(CO)c1. The molecule has 0 aromatic heterocycles. The van der Waals surface area contributed by atoms with Crippen molar-refractivity contribution < 1.29 is 10.2 Å². The lowest BCUT2D eigenvalue weighted by molar-refractivity contribution is 0.275. The molecule has 0 saturated heterocycles. The molecule has 16 heavy (non-hydrogen) atoms. The van der Waals surface area contributed by atoms with Gasteiger partial charge in [0.05, 0.1) is 6.61 Å². The minimum Gasteiger partial charge on any atom is -0.508 e. The molecule has 2 heteroatoms. The van der Waals surface area contributed by atoms with Gasteiger partial charge in [-0.3, -0.25) is 0 Å². The smallest absolute Gasteiger partial charge is 0.121 e. The van der Waals surface area contributed by atoms with E-state index < -0.39 is 0 Å². The fraction of sp³-hybridized carbons (Fsp3) is 0.429. The van der Waals surface area contributed by atoms with Crippen molar-refractivity contribution in [1.82, 2.24) is 0 Å². The van der Waals surface area contributed by atoms with E-state index in [2.05, 4.69) is 18.8 Å². The average Bonchev–Trinajstić information content (AvgIpc) is 2.29. The van der Waals surface area contributed by atoms with Gasteiger partial charge in [0.1, 0.15) is 5.75 Å². The third-order valence-corrected chi connectivity index (χ3v) is 2.38. The molecule has 1 atom stereocenters. The number of aromatic hydroxyl groups is 1. The van der Waals surface area contributed by atoms with Gasteiger partial charge in [0.25, 0.3) is 0 Å². The van der Waals surface area contributed by atoms with E-state index in [9.17, 15) is 5.11 Å². The van der Waals surface area contributed by atoms with E-state index in [1.807, 2.05) is 19.1 Å². The van der Waals surface area contributed by atoms with Gasteiger partial charge in [-0.15, -0.1) is 5.92 Å². The molecule has 0 radical (unpaired) electrons. The van der Waals surface area contributed by atoms with Gasteiger partial charge in [-0.1, -0.05) is 25.8 Å². The van der Waals surface area contributed by atoms with Crippen LogP contribution in [-0.4, -0.2) is 10.2 Å². The molecule has 0 fully saturated rings. The number of hydrogen-bond donors (Lipinski definition) is 2. The average molecular weight is 218 g/mol. The summed E-state index contributed by atoms with van der Waals surface area (Å²) in [5.41, 5.74) is 1.67. The molecule has 0 aliphatic carbocycles. The normalized spacial score (nSPS) is 11.7. The van der Waals surface area contributed by atoms with E-state index >= 15 is 0 Å². The Labute approximate surface area is 96.9 Å². The lowest BCUT2D eigenvalue weighted by Crippen LogP contribution is -1.97. The maximum atomic E-state index is 9.42. The van der Waals surface area contributed by atoms with E-state index in [4.69, 9.17) is 5.11 Å². The molecule has 2 nitrogen and oxygen atoms in total. The number of hydrogen-bond acceptors (Lipinski definition) is 2. The van der Waals surface area contributed by atoms with Crippen LogP contribution in [0.4, 0.5) is 0 Å². The molecule has 1 rings (SSSR count). The summed E-state index contributed by atoms with van der Waals surface area (Å²) in [6.45, 7) is 3.98. The lowest BCUT2D eigenvalue weighted by atomic mass is 9.99. The molecule has 1 aromatic carbocycles. The monoisotopic (exact) mass is 218 g/mol. The van der Waals surface area contributed by atoms with Crippen LogP contribution in [-0.2, 0) is 13.0 Å². The number of aliphatic hydroxyl groups excluding tert-OH is 1. The molecule has 0 amide bonds. The Kier molecular flexibility index (Phi) is 4.88. The second kappa shape index (κ2) is 6.19. The molecule has 2 N–H and O–H groups in total. The molecule has 0 aliphatic heterocycles. The second-order valence-electron chi connectivity index (χ2n) is 3.90. The zero-order chi connectivity index (χ0) is 12.0. The first-order valence-electron chi connectivity index (χ1n) is 5.57. The van der Waals surface area contributed by atoms with E-state index in [0.29, 0.717) is 11.5 Å². The minimum atomic E-state index is -0.130. The quantitative estimate of drug-likeness (QED) is 0.765. The van der Waals surface area contributed by atoms with Crippen LogP contribution in [0.5, 0.6) is 5.75 Å². The summed E-state index contributed by atoms with van der Waals surface area (Å²) in [6, 6.07) is 5.33. The topological polar surface area (TPSA) is 40.5 Å². The van der Waals surface area contributed by atoms with Crippen LogP contribution in [0.1, 0.15) is 31.4 Å². The van der Waals surface area contributed by atoms with Gasteiger partial charge in [-0.25, -0.2) is 0 Å². The van der Waals surface area contributed by atoms with Crippen molar-refractivity contribution in [3.05, 3.63) is 29.3 Å². The Balaban J connectivity index is 2.74. The lowest BCUT2D eigenvalue weighted by Gasteiger charge is -2.07. The molecule has 0 heterocycles. The highest BCUT2D eigenvalue weighted by Crippen LogP contribution is 2.20. The van der Waals surface area contributed by atoms with Gasteiger partial charge < -0.3 is 10.2 Å². The molecule has 86 valence electrons. The molecule has 0 saturated carbocycles. The van der Waals surface area contributed by atoms with Crippen LogP contribution >= 0.6 is 0 Å². The summed E-state index contributed by atoms with van der Waals surface area (Å²) in [5, 5.41) is 18.5. The first kappa shape index (κ1) is 12.6. The zero-order valence-corrected chi connectivity index (χ0v) is 9.83. The van der Waals surface area contributed by atoms with Crippen molar-refractivity contribution in [2.24, 2.45) is 5.92 Å². The van der Waals surface area contributed by atoms with E-state index in [1.165, 1.54) is 0 Å². The minimum absolute atomic E-state index is 0.130. The van der Waals surface area contributed by atoms with Gasteiger partial charge in [-0.05, 0) is 24.1 Å². The second-order valence-corrected chi connectivity index (χ2v) is 3.90. The van der Waals surface area contributed by atoms with Crippen LogP contribution in [0.2, 0.25) is 0 Å². The molecule has 1 unspecified atom stereocenters. The van der Waals surface area contributed by atoms with Gasteiger partial charge in [-0.2, -0.15) is 0 Å². The van der Waals surface area contributed by atoms with Gasteiger partial charge in [0, 0.05) is 17.9 Å². The third kappa shape index (κ3) is 3.60. The van der Waals surface area contributed by atoms with Crippen molar-refractivity contribution in [2.45, 2.75) is 33.3 Å². The Morgan fingerprint density at radius 3 is 2.75 bits per heavy atom. The van der Waals surface area contributed by atoms with Gasteiger partial charge in [0.2, 0.25) is 0 Å². The number of phenols is 1. The fourth-order valence-electron chi connectivity index (χ4n) is 1.57. The Bertz CT molecular complexity index is 399. The van der Waals surface area contributed by atoms with E-state index in [-0.39, 0.29) is 12.4 Å². The molecule has 0 bridgehead atoms. The van der Waals surface area contributed by atoms with Crippen molar-refractivity contribution in [3.8, 4) is 17.6 Å². The largest absolute Gasteiger partial charge is 0.508 e. The predicted octanol–water partition coefficient (Wildman–Crippen LogP) is 2.48. The Hall–Kier alpha value is -1.46. The summed E-state index contributed by atoms with van der Waals surface area (Å²) in [6.07, 6.45) is 1.72. The summed E-state index contributed by atoms with van der Waals surface area (Å²) >= 11 is 0. The van der Waals surface area contributed by atoms with Gasteiger partial charge in [0.15, 0.2) is 0 Å². The molecular formula is C14H18O2. The number of benzene rings is 1. The van der Waals surface area contributed by atoms with E-state index in [0.717, 1.165) is 18.4 Å². The fourth-order valence-corrected chi connectivity index (χ4v) is 1.57. The van der Waals surface area contributed by atoms with Crippen LogP contribution in [0.3, 0.4) is 0 Å². The maximum absolute atomic E-state index is 9.42. The van der Waals surface area contributed by atoms with Gasteiger partial charge >= 0.3 is 0 Å². The summed E-state index contributed by atoms with van der Waals surface area (Å²) in [7, 11) is 0. The van der Waals surface area contributed by atoms with Crippen LogP contribution in [0.15, 0.2) is 18.2 Å². The maximum Gasteiger partial charge on any atom is 0.121 e. The van der Waals surface area contributed by atoms with E-state index in [1.54, 1.807) is 6.07 Å². The first-order valence-corrected chi connectivity index (χ1v) is 5.57. The highest BCUT2D eigenvalue weighted by atomic mass is 16.3. The summed E-state index contributed by atoms with van der Waals surface area (Å²) in [5.74, 6) is 6.67. The summed E-state index contributed by atoms with van der Waals surface area (Å²) in [4.78, 5) is 0. The molecular weight excluding hydrogens is 200 g/mol. The third-order valence-electron chi connectivity index (χ3n) is 2.38. The summed E-state index contributed by atoms with van der Waals surface area (Å²) < 4.78 is 0. The standard InChI is InChI=1S/C14H18O2/c1-3-4-5-11(2)8-12-6-7-14(16)13(9-12)10-15/h6-7,9,11,15-16H,3,8,10H2,1-2H3. The predicted molar refractivity (Wildman–Crippen MR) is 65.0 cm³/mol. The molecule has 0 spiro atoms. The Morgan fingerprint density at radius 2 is 2.12 bits per heavy atom. The Morgan fingerprint density at radius 1 is 1.38 bits per heavy atom. The first-order chi connectivity index (χ1) is 7.67. The van der Waals surface area contributed by atoms with Crippen molar-refractivity contribution >= 4 is 0 Å². The van der Waals surface area contributed by atoms with Crippen molar-refractivity contribution in [3.63, 3.8) is 0 Å². The highest BCUT2D eigenvalue weighted by Gasteiger charge is 2.04. The molecule has 0 aliphatic rings. The number of rotatable bonds is 3. The molecule has 1 aromatic rings. The van der Waals surface area contributed by atoms with Crippen LogP contribution in [0, 0.1) is 17.8 Å².